The Labute approximate surface area is 183 Å². The zero-order valence-corrected chi connectivity index (χ0v) is 17.9. The molecule has 0 spiro atoms. The van der Waals surface area contributed by atoms with Crippen LogP contribution < -0.4 is 15.9 Å². The molecule has 0 bridgehead atoms. The number of cyclic esters (lactones) is 1. The standard InChI is InChI=1S/C26H20O2P.ClH/c27-25-23-18-10-11-19-24(23)26(28-25)29(20-12-4-1-5-13-20,21-14-6-2-7-15-21)22-16-8-3-9-17-22;/h1-19,26H;1H/q+1;. The Morgan fingerprint density at radius 1 is 0.567 bits per heavy atom. The van der Waals surface area contributed by atoms with E-state index in [4.69, 9.17) is 4.74 Å². The van der Waals surface area contributed by atoms with Crippen molar-refractivity contribution in [1.82, 2.24) is 0 Å². The van der Waals surface area contributed by atoms with Crippen molar-refractivity contribution in [1.29, 1.82) is 0 Å². The van der Waals surface area contributed by atoms with Crippen LogP contribution >= 0.6 is 19.7 Å². The minimum atomic E-state index is -2.31. The van der Waals surface area contributed by atoms with Crippen LogP contribution in [0.5, 0.6) is 0 Å². The Morgan fingerprint density at radius 3 is 1.43 bits per heavy atom. The molecule has 0 aromatic heterocycles. The van der Waals surface area contributed by atoms with Crippen molar-refractivity contribution < 1.29 is 9.53 Å². The van der Waals surface area contributed by atoms with Crippen LogP contribution in [0.1, 0.15) is 21.8 Å². The van der Waals surface area contributed by atoms with Crippen molar-refractivity contribution in [3.8, 4) is 0 Å². The van der Waals surface area contributed by atoms with E-state index in [0.29, 0.717) is 5.56 Å². The van der Waals surface area contributed by atoms with Gasteiger partial charge < -0.3 is 4.74 Å². The van der Waals surface area contributed by atoms with Crippen molar-refractivity contribution in [2.75, 3.05) is 0 Å². The third-order valence-electron chi connectivity index (χ3n) is 5.51. The van der Waals surface area contributed by atoms with E-state index in [1.165, 1.54) is 15.9 Å². The topological polar surface area (TPSA) is 26.3 Å². The molecule has 148 valence electrons. The summed E-state index contributed by atoms with van der Waals surface area (Å²) in [5, 5.41) is 3.60. The number of fused-ring (bicyclic) bond motifs is 1. The predicted molar refractivity (Wildman–Crippen MR) is 127 cm³/mol. The lowest BCUT2D eigenvalue weighted by Crippen LogP contribution is -2.35. The van der Waals surface area contributed by atoms with Crippen molar-refractivity contribution >= 4 is 41.6 Å². The van der Waals surface area contributed by atoms with Crippen LogP contribution in [0.25, 0.3) is 0 Å². The minimum Gasteiger partial charge on any atom is -0.418 e. The average Bonchev–Trinajstić information content (AvgIpc) is 3.14. The van der Waals surface area contributed by atoms with Crippen LogP contribution in [0, 0.1) is 0 Å². The third kappa shape index (κ3) is 3.13. The lowest BCUT2D eigenvalue weighted by molar-refractivity contribution is 0.0514. The van der Waals surface area contributed by atoms with Gasteiger partial charge in [-0.25, -0.2) is 4.79 Å². The molecular formula is C26H21ClO2P+. The van der Waals surface area contributed by atoms with Gasteiger partial charge in [-0.1, -0.05) is 72.8 Å². The van der Waals surface area contributed by atoms with Crippen LogP contribution in [-0.4, -0.2) is 5.97 Å². The van der Waals surface area contributed by atoms with Crippen molar-refractivity contribution in [2.24, 2.45) is 0 Å². The molecule has 1 aliphatic rings. The fourth-order valence-electron chi connectivity index (χ4n) is 4.26. The first kappa shape index (κ1) is 20.3. The summed E-state index contributed by atoms with van der Waals surface area (Å²) in [7, 11) is -2.31. The number of carbonyl (C=O) groups is 1. The van der Waals surface area contributed by atoms with Gasteiger partial charge in [0.25, 0.3) is 0 Å². The van der Waals surface area contributed by atoms with Gasteiger partial charge in [-0.3, -0.25) is 0 Å². The number of hydrogen-bond donors (Lipinski definition) is 0. The van der Waals surface area contributed by atoms with Crippen LogP contribution in [0.2, 0.25) is 0 Å². The molecule has 4 aromatic rings. The van der Waals surface area contributed by atoms with Gasteiger partial charge in [0.2, 0.25) is 5.85 Å². The number of carbonyl (C=O) groups excluding carboxylic acids is 1. The summed E-state index contributed by atoms with van der Waals surface area (Å²) >= 11 is 0. The molecule has 2 nitrogen and oxygen atoms in total. The number of esters is 1. The fraction of sp³-hybridized carbons (Fsp3) is 0.0385. The monoisotopic (exact) mass is 431 g/mol. The average molecular weight is 432 g/mol. The summed E-state index contributed by atoms with van der Waals surface area (Å²) in [4.78, 5) is 12.8. The van der Waals surface area contributed by atoms with E-state index in [0.717, 1.165) is 5.56 Å². The smallest absolute Gasteiger partial charge is 0.342 e. The zero-order chi connectivity index (χ0) is 19.7. The quantitative estimate of drug-likeness (QED) is 0.325. The molecule has 0 saturated carbocycles. The molecule has 1 unspecified atom stereocenters. The molecule has 0 N–H and O–H groups in total. The van der Waals surface area contributed by atoms with Gasteiger partial charge in [-0.15, -0.1) is 12.4 Å². The molecule has 0 radical (unpaired) electrons. The van der Waals surface area contributed by atoms with Gasteiger partial charge in [0.15, 0.2) is 7.26 Å². The normalized spacial score (nSPS) is 15.1. The molecule has 4 heteroatoms. The Bertz CT molecular complexity index is 1050. The summed E-state index contributed by atoms with van der Waals surface area (Å²) in [6.07, 6.45) is 0. The highest BCUT2D eigenvalue weighted by atomic mass is 35.5. The van der Waals surface area contributed by atoms with E-state index in [1.807, 2.05) is 42.5 Å². The Hall–Kier alpha value is -2.93. The van der Waals surface area contributed by atoms with Gasteiger partial charge >= 0.3 is 5.97 Å². The molecule has 30 heavy (non-hydrogen) atoms. The zero-order valence-electron chi connectivity index (χ0n) is 16.2. The molecule has 1 heterocycles. The summed E-state index contributed by atoms with van der Waals surface area (Å²) in [6, 6.07) is 39.3. The largest absolute Gasteiger partial charge is 0.418 e. The van der Waals surface area contributed by atoms with E-state index in [9.17, 15) is 4.79 Å². The Balaban J connectivity index is 0.00000218. The van der Waals surface area contributed by atoms with Crippen LogP contribution in [-0.2, 0) is 4.74 Å². The number of hydrogen-bond acceptors (Lipinski definition) is 2. The Morgan fingerprint density at radius 2 is 0.967 bits per heavy atom. The lowest BCUT2D eigenvalue weighted by atomic mass is 10.1. The first-order chi connectivity index (χ1) is 14.3. The number of halogens is 1. The Kier molecular flexibility index (Phi) is 5.72. The first-order valence-corrected chi connectivity index (χ1v) is 11.5. The van der Waals surface area contributed by atoms with Crippen LogP contribution in [0.15, 0.2) is 115 Å². The summed E-state index contributed by atoms with van der Waals surface area (Å²) < 4.78 is 6.17. The van der Waals surface area contributed by atoms with E-state index < -0.39 is 7.26 Å². The third-order valence-corrected chi connectivity index (χ3v) is 9.93. The van der Waals surface area contributed by atoms with E-state index in [1.54, 1.807) is 0 Å². The van der Waals surface area contributed by atoms with Crippen molar-refractivity contribution in [3.05, 3.63) is 126 Å². The van der Waals surface area contributed by atoms with Crippen molar-refractivity contribution in [2.45, 2.75) is 5.85 Å². The predicted octanol–water partition coefficient (Wildman–Crippen LogP) is 5.27. The van der Waals surface area contributed by atoms with Crippen LogP contribution in [0.3, 0.4) is 0 Å². The molecule has 0 aliphatic carbocycles. The summed E-state index contributed by atoms with van der Waals surface area (Å²) in [5.74, 6) is -0.587. The molecular weight excluding hydrogens is 411 g/mol. The second-order valence-electron chi connectivity index (χ2n) is 7.07. The number of ether oxygens (including phenoxy) is 1. The maximum absolute atomic E-state index is 12.8. The number of benzene rings is 4. The maximum atomic E-state index is 12.8. The highest BCUT2D eigenvalue weighted by Crippen LogP contribution is 2.68. The van der Waals surface area contributed by atoms with Gasteiger partial charge in [0.05, 0.1) is 5.56 Å². The van der Waals surface area contributed by atoms with Gasteiger partial charge in [-0.05, 0) is 42.5 Å². The second-order valence-corrected chi connectivity index (χ2v) is 10.5. The molecule has 1 aliphatic heterocycles. The van der Waals surface area contributed by atoms with Crippen molar-refractivity contribution in [3.63, 3.8) is 0 Å². The molecule has 0 saturated heterocycles. The molecule has 1 atom stereocenters. The van der Waals surface area contributed by atoms with E-state index >= 15 is 0 Å². The SMILES string of the molecule is Cl.O=C1OC([P+](c2ccccc2)(c2ccccc2)c2ccccc2)c2ccccc21. The molecule has 5 rings (SSSR count). The molecule has 0 amide bonds. The maximum Gasteiger partial charge on any atom is 0.342 e. The lowest BCUT2D eigenvalue weighted by Gasteiger charge is -2.31. The number of rotatable bonds is 4. The molecule has 4 aromatic carbocycles. The minimum absolute atomic E-state index is 0. The summed E-state index contributed by atoms with van der Waals surface area (Å²) in [5.41, 5.74) is 1.65. The van der Waals surface area contributed by atoms with Gasteiger partial charge in [0.1, 0.15) is 15.9 Å². The van der Waals surface area contributed by atoms with Crippen LogP contribution in [0.4, 0.5) is 0 Å². The van der Waals surface area contributed by atoms with Gasteiger partial charge in [0, 0.05) is 5.56 Å². The highest BCUT2D eigenvalue weighted by Gasteiger charge is 2.58. The van der Waals surface area contributed by atoms with E-state index in [-0.39, 0.29) is 24.2 Å². The molecule has 0 fully saturated rings. The van der Waals surface area contributed by atoms with E-state index in [2.05, 4.69) is 72.8 Å². The fourth-order valence-corrected chi connectivity index (χ4v) is 8.79. The summed E-state index contributed by atoms with van der Waals surface area (Å²) in [6.45, 7) is 0. The highest BCUT2D eigenvalue weighted by molar-refractivity contribution is 7.95. The van der Waals surface area contributed by atoms with Gasteiger partial charge in [-0.2, -0.15) is 0 Å². The second kappa shape index (κ2) is 8.44. The first-order valence-electron chi connectivity index (χ1n) is 9.67.